The van der Waals surface area contributed by atoms with E-state index < -0.39 is 23.9 Å². The van der Waals surface area contributed by atoms with Crippen LogP contribution in [0.5, 0.6) is 11.5 Å². The van der Waals surface area contributed by atoms with Crippen molar-refractivity contribution in [3.05, 3.63) is 64.9 Å². The second-order valence-electron chi connectivity index (χ2n) is 8.87. The van der Waals surface area contributed by atoms with E-state index in [4.69, 9.17) is 18.9 Å². The molecule has 34 heavy (non-hydrogen) atoms. The Morgan fingerprint density at radius 2 is 1.94 bits per heavy atom. The summed E-state index contributed by atoms with van der Waals surface area (Å²) in [6.07, 6.45) is -0.481. The maximum atomic E-state index is 12.7. The van der Waals surface area contributed by atoms with Crippen LogP contribution in [0.1, 0.15) is 42.9 Å². The van der Waals surface area contributed by atoms with Gasteiger partial charge in [0.25, 0.3) is 0 Å². The molecule has 8 nitrogen and oxygen atoms in total. The number of aryl methyl sites for hydroxylation is 1. The third-order valence-corrected chi connectivity index (χ3v) is 6.73. The molecule has 1 saturated heterocycles. The van der Waals surface area contributed by atoms with Crippen molar-refractivity contribution in [2.45, 2.75) is 57.0 Å². The second-order valence-corrected chi connectivity index (χ2v) is 8.87. The van der Waals surface area contributed by atoms with E-state index in [-0.39, 0.29) is 19.2 Å². The first-order valence-corrected chi connectivity index (χ1v) is 11.7. The molecule has 3 atom stereocenters. The van der Waals surface area contributed by atoms with Crippen LogP contribution in [-0.4, -0.2) is 47.5 Å². The van der Waals surface area contributed by atoms with Gasteiger partial charge in [0.05, 0.1) is 5.54 Å². The van der Waals surface area contributed by atoms with Crippen molar-refractivity contribution in [1.29, 1.82) is 0 Å². The number of carbonyl (C=O) groups excluding carboxylic acids is 1. The highest BCUT2D eigenvalue weighted by molar-refractivity contribution is 5.84. The first-order valence-electron chi connectivity index (χ1n) is 11.7. The number of ether oxygens (including phenoxy) is 4. The molecule has 180 valence electrons. The molecule has 2 aromatic rings. The molecule has 0 amide bonds. The van der Waals surface area contributed by atoms with Gasteiger partial charge in [-0.25, -0.2) is 4.79 Å². The van der Waals surface area contributed by atoms with Crippen LogP contribution in [0, 0.1) is 0 Å². The summed E-state index contributed by atoms with van der Waals surface area (Å²) in [5, 5.41) is 25.6. The van der Waals surface area contributed by atoms with E-state index in [2.05, 4.69) is 12.2 Å². The van der Waals surface area contributed by atoms with Crippen LogP contribution in [0.25, 0.3) is 5.57 Å². The zero-order chi connectivity index (χ0) is 23.7. The van der Waals surface area contributed by atoms with Gasteiger partial charge in [-0.15, -0.1) is 0 Å². The van der Waals surface area contributed by atoms with Gasteiger partial charge in [-0.1, -0.05) is 43.7 Å². The van der Waals surface area contributed by atoms with Crippen LogP contribution >= 0.6 is 0 Å². The molecule has 3 aliphatic rings. The third kappa shape index (κ3) is 3.91. The summed E-state index contributed by atoms with van der Waals surface area (Å²) in [7, 11) is 0. The zero-order valence-corrected chi connectivity index (χ0v) is 19.1. The minimum Gasteiger partial charge on any atom is -0.454 e. The van der Waals surface area contributed by atoms with E-state index in [0.29, 0.717) is 30.0 Å². The first-order chi connectivity index (χ1) is 16.5. The van der Waals surface area contributed by atoms with Gasteiger partial charge < -0.3 is 34.5 Å². The average Bonchev–Trinajstić information content (AvgIpc) is 3.56. The molecule has 1 spiro atoms. The van der Waals surface area contributed by atoms with Gasteiger partial charge in [0.1, 0.15) is 24.6 Å². The van der Waals surface area contributed by atoms with Gasteiger partial charge in [-0.3, -0.25) is 0 Å². The summed E-state index contributed by atoms with van der Waals surface area (Å²) in [5.74, 6) is 1.25. The van der Waals surface area contributed by atoms with E-state index >= 15 is 0 Å². The molecule has 0 radical (unpaired) electrons. The van der Waals surface area contributed by atoms with E-state index in [0.717, 1.165) is 36.0 Å². The molecule has 5 rings (SSSR count). The van der Waals surface area contributed by atoms with Crippen molar-refractivity contribution >= 4 is 11.7 Å². The predicted molar refractivity (Wildman–Crippen MR) is 123 cm³/mol. The Morgan fingerprint density at radius 3 is 2.65 bits per heavy atom. The SMILES string of the molecule is CCCc1cc2c(cc1C1=C(OC(=O)OCc3ccccc3)[C@@H](O)[C@@H](O)[C@@]13CCCN3)OCO2. The van der Waals surface area contributed by atoms with E-state index in [1.54, 1.807) is 0 Å². The number of hydrogen-bond donors (Lipinski definition) is 3. The number of rotatable bonds is 6. The standard InChI is InChI=1S/C26H29NO7/c1-2-7-17-12-19-20(33-15-32-19)13-18(17)21-23(22(28)24(29)26(21)10-6-11-27-26)34-25(30)31-14-16-8-4-3-5-9-16/h3-5,8-9,12-13,22,24,27-29H,2,6-7,10-11,14-15H2,1H3/t22-,24-,26-/m1/s1. The highest BCUT2D eigenvalue weighted by atomic mass is 16.7. The summed E-state index contributed by atoms with van der Waals surface area (Å²) in [5.41, 5.74) is 2.18. The minimum atomic E-state index is -1.38. The zero-order valence-electron chi connectivity index (χ0n) is 19.1. The van der Waals surface area contributed by atoms with Crippen LogP contribution in [0.2, 0.25) is 0 Å². The van der Waals surface area contributed by atoms with Crippen molar-refractivity contribution in [3.8, 4) is 11.5 Å². The van der Waals surface area contributed by atoms with Crippen LogP contribution < -0.4 is 14.8 Å². The van der Waals surface area contributed by atoms with Crippen molar-refractivity contribution in [1.82, 2.24) is 5.32 Å². The number of benzene rings is 2. The maximum Gasteiger partial charge on any atom is 0.513 e. The van der Waals surface area contributed by atoms with Gasteiger partial charge in [0.2, 0.25) is 6.79 Å². The number of hydrogen-bond acceptors (Lipinski definition) is 8. The molecule has 1 aliphatic carbocycles. The van der Waals surface area contributed by atoms with Crippen LogP contribution in [0.4, 0.5) is 4.79 Å². The Morgan fingerprint density at radius 1 is 1.18 bits per heavy atom. The summed E-state index contributed by atoms with van der Waals surface area (Å²) < 4.78 is 22.1. The second kappa shape index (κ2) is 9.29. The Labute approximate surface area is 198 Å². The van der Waals surface area contributed by atoms with Crippen molar-refractivity contribution in [3.63, 3.8) is 0 Å². The third-order valence-electron chi connectivity index (χ3n) is 6.73. The Balaban J connectivity index is 1.54. The van der Waals surface area contributed by atoms with Gasteiger partial charge in [-0.05, 0) is 54.6 Å². The lowest BCUT2D eigenvalue weighted by Gasteiger charge is -2.33. The molecular weight excluding hydrogens is 438 g/mol. The lowest BCUT2D eigenvalue weighted by Crippen LogP contribution is -2.51. The largest absolute Gasteiger partial charge is 0.513 e. The summed E-state index contributed by atoms with van der Waals surface area (Å²) in [6, 6.07) is 13.0. The van der Waals surface area contributed by atoms with Crippen LogP contribution in [0.15, 0.2) is 48.2 Å². The quantitative estimate of drug-likeness (QED) is 0.556. The van der Waals surface area contributed by atoms with Crippen molar-refractivity contribution in [2.24, 2.45) is 0 Å². The average molecular weight is 468 g/mol. The Hall–Kier alpha value is -3.07. The lowest BCUT2D eigenvalue weighted by molar-refractivity contribution is -0.0105. The summed E-state index contributed by atoms with van der Waals surface area (Å²) in [6.45, 7) is 2.92. The number of aliphatic hydroxyl groups is 2. The molecule has 8 heteroatoms. The molecule has 0 bridgehead atoms. The van der Waals surface area contributed by atoms with Gasteiger partial charge in [0, 0.05) is 5.57 Å². The first kappa shape index (κ1) is 22.7. The lowest BCUT2D eigenvalue weighted by atomic mass is 9.81. The Kier molecular flexibility index (Phi) is 6.20. The van der Waals surface area contributed by atoms with Crippen molar-refractivity contribution < 1.29 is 34.0 Å². The molecule has 2 aromatic carbocycles. The number of fused-ring (bicyclic) bond motifs is 1. The normalized spacial score (nSPS) is 25.3. The minimum absolute atomic E-state index is 0.0104. The van der Waals surface area contributed by atoms with Crippen molar-refractivity contribution in [2.75, 3.05) is 13.3 Å². The monoisotopic (exact) mass is 467 g/mol. The summed E-state index contributed by atoms with van der Waals surface area (Å²) in [4.78, 5) is 12.7. The fraction of sp³-hybridized carbons (Fsp3) is 0.423. The van der Waals surface area contributed by atoms with Crippen LogP contribution in [-0.2, 0) is 22.5 Å². The number of aliphatic hydroxyl groups excluding tert-OH is 2. The molecule has 3 N–H and O–H groups in total. The van der Waals surface area contributed by atoms with E-state index in [1.165, 1.54) is 0 Å². The molecule has 0 saturated carbocycles. The molecule has 0 unspecified atom stereocenters. The van der Waals surface area contributed by atoms with Gasteiger partial charge >= 0.3 is 6.16 Å². The van der Waals surface area contributed by atoms with E-state index in [9.17, 15) is 15.0 Å². The Bertz CT molecular complexity index is 1090. The number of nitrogens with one attached hydrogen (secondary N) is 1. The molecule has 2 heterocycles. The van der Waals surface area contributed by atoms with Crippen LogP contribution in [0.3, 0.4) is 0 Å². The smallest absolute Gasteiger partial charge is 0.454 e. The molecule has 2 aliphatic heterocycles. The summed E-state index contributed by atoms with van der Waals surface area (Å²) >= 11 is 0. The topological polar surface area (TPSA) is 106 Å². The fourth-order valence-electron chi connectivity index (χ4n) is 5.17. The maximum absolute atomic E-state index is 12.7. The highest BCUT2D eigenvalue weighted by Crippen LogP contribution is 2.50. The molecule has 1 fully saturated rings. The van der Waals surface area contributed by atoms with E-state index in [1.807, 2.05) is 42.5 Å². The highest BCUT2D eigenvalue weighted by Gasteiger charge is 2.56. The van der Waals surface area contributed by atoms with Gasteiger partial charge in [-0.2, -0.15) is 0 Å². The molecular formula is C26H29NO7. The fourth-order valence-corrected chi connectivity index (χ4v) is 5.17. The van der Waals surface area contributed by atoms with Gasteiger partial charge in [0.15, 0.2) is 11.5 Å². The molecule has 0 aromatic heterocycles. The predicted octanol–water partition coefficient (Wildman–Crippen LogP) is 3.29. The number of carbonyl (C=O) groups is 1.